The standard InChI is InChI=1S/C12H16ClN3S/c1-3-10(14)12(11-5-4-8(2)17-11)16-7-9(13)6-15-16/h4-7,10,12H,3,14H2,1-2H3. The Morgan fingerprint density at radius 2 is 2.29 bits per heavy atom. The van der Waals surface area contributed by atoms with Gasteiger partial charge in [0.05, 0.1) is 11.2 Å². The van der Waals surface area contributed by atoms with Crippen molar-refractivity contribution < 1.29 is 0 Å². The van der Waals surface area contributed by atoms with E-state index in [2.05, 4.69) is 31.1 Å². The molecule has 2 N–H and O–H groups in total. The van der Waals surface area contributed by atoms with Crippen molar-refractivity contribution in [3.63, 3.8) is 0 Å². The third kappa shape index (κ3) is 2.70. The summed E-state index contributed by atoms with van der Waals surface area (Å²) in [5.41, 5.74) is 6.20. The smallest absolute Gasteiger partial charge is 0.101 e. The van der Waals surface area contributed by atoms with Crippen LogP contribution in [-0.4, -0.2) is 15.8 Å². The zero-order valence-electron chi connectivity index (χ0n) is 9.93. The first kappa shape index (κ1) is 12.6. The first-order chi connectivity index (χ1) is 8.11. The second-order valence-corrected chi connectivity index (χ2v) is 5.86. The van der Waals surface area contributed by atoms with E-state index in [1.807, 2.05) is 10.9 Å². The monoisotopic (exact) mass is 269 g/mol. The van der Waals surface area contributed by atoms with Crippen molar-refractivity contribution in [2.45, 2.75) is 32.4 Å². The zero-order valence-corrected chi connectivity index (χ0v) is 11.5. The van der Waals surface area contributed by atoms with Gasteiger partial charge in [0, 0.05) is 22.0 Å². The van der Waals surface area contributed by atoms with Crippen LogP contribution in [0.5, 0.6) is 0 Å². The lowest BCUT2D eigenvalue weighted by Gasteiger charge is -2.22. The van der Waals surface area contributed by atoms with Crippen LogP contribution in [0.1, 0.15) is 29.1 Å². The average Bonchev–Trinajstić information content (AvgIpc) is 2.89. The molecule has 2 rings (SSSR count). The number of aromatic nitrogens is 2. The molecule has 3 nitrogen and oxygen atoms in total. The van der Waals surface area contributed by atoms with Crippen molar-refractivity contribution in [2.75, 3.05) is 0 Å². The van der Waals surface area contributed by atoms with Gasteiger partial charge in [-0.15, -0.1) is 11.3 Å². The van der Waals surface area contributed by atoms with Crippen molar-refractivity contribution in [3.8, 4) is 0 Å². The van der Waals surface area contributed by atoms with Crippen LogP contribution in [0.25, 0.3) is 0 Å². The number of thiophene rings is 1. The fourth-order valence-electron chi connectivity index (χ4n) is 1.84. The molecule has 17 heavy (non-hydrogen) atoms. The van der Waals surface area contributed by atoms with Gasteiger partial charge in [0.15, 0.2) is 0 Å². The predicted octanol–water partition coefficient (Wildman–Crippen LogP) is 3.23. The van der Waals surface area contributed by atoms with E-state index in [9.17, 15) is 0 Å². The van der Waals surface area contributed by atoms with Gasteiger partial charge >= 0.3 is 0 Å². The van der Waals surface area contributed by atoms with Crippen LogP contribution in [0.15, 0.2) is 24.5 Å². The second-order valence-electron chi connectivity index (χ2n) is 4.10. The molecule has 0 saturated heterocycles. The Kier molecular flexibility index (Phi) is 3.86. The van der Waals surface area contributed by atoms with E-state index in [4.69, 9.17) is 17.3 Å². The molecule has 0 spiro atoms. The Hall–Kier alpha value is -0.840. The van der Waals surface area contributed by atoms with Crippen molar-refractivity contribution in [3.05, 3.63) is 39.3 Å². The van der Waals surface area contributed by atoms with Crippen molar-refractivity contribution in [1.29, 1.82) is 0 Å². The molecule has 0 saturated carbocycles. The first-order valence-corrected chi connectivity index (χ1v) is 6.83. The normalized spacial score (nSPS) is 14.8. The summed E-state index contributed by atoms with van der Waals surface area (Å²) in [6, 6.07) is 4.35. The molecule has 0 aliphatic rings. The zero-order chi connectivity index (χ0) is 12.4. The Bertz CT molecular complexity index is 451. The number of nitrogens with zero attached hydrogens (tertiary/aromatic N) is 2. The second kappa shape index (κ2) is 5.21. The summed E-state index contributed by atoms with van der Waals surface area (Å²) in [4.78, 5) is 2.52. The van der Waals surface area contributed by atoms with Crippen LogP contribution in [0.2, 0.25) is 5.02 Å². The summed E-state index contributed by atoms with van der Waals surface area (Å²) in [6.45, 7) is 4.18. The van der Waals surface area contributed by atoms with Gasteiger partial charge in [-0.25, -0.2) is 0 Å². The van der Waals surface area contributed by atoms with E-state index in [1.165, 1.54) is 9.75 Å². The molecule has 0 bridgehead atoms. The van der Waals surface area contributed by atoms with Crippen LogP contribution in [0.4, 0.5) is 0 Å². The van der Waals surface area contributed by atoms with E-state index in [1.54, 1.807) is 17.5 Å². The van der Waals surface area contributed by atoms with Crippen LogP contribution >= 0.6 is 22.9 Å². The number of halogens is 1. The van der Waals surface area contributed by atoms with Crippen LogP contribution < -0.4 is 5.73 Å². The molecule has 0 fully saturated rings. The quantitative estimate of drug-likeness (QED) is 0.926. The van der Waals surface area contributed by atoms with Gasteiger partial charge < -0.3 is 5.73 Å². The fourth-order valence-corrected chi connectivity index (χ4v) is 3.03. The molecule has 0 aliphatic carbocycles. The van der Waals surface area contributed by atoms with E-state index < -0.39 is 0 Å². The summed E-state index contributed by atoms with van der Waals surface area (Å²) < 4.78 is 1.86. The maximum absolute atomic E-state index is 6.20. The lowest BCUT2D eigenvalue weighted by molar-refractivity contribution is 0.430. The summed E-state index contributed by atoms with van der Waals surface area (Å²) in [5, 5.41) is 4.93. The maximum Gasteiger partial charge on any atom is 0.101 e. The van der Waals surface area contributed by atoms with Gasteiger partial charge in [0.2, 0.25) is 0 Å². The summed E-state index contributed by atoms with van der Waals surface area (Å²) >= 11 is 7.68. The summed E-state index contributed by atoms with van der Waals surface area (Å²) in [5.74, 6) is 0. The molecule has 92 valence electrons. The Morgan fingerprint density at radius 3 is 2.76 bits per heavy atom. The molecule has 2 aromatic heterocycles. The number of nitrogens with two attached hydrogens (primary N) is 1. The maximum atomic E-state index is 6.20. The highest BCUT2D eigenvalue weighted by Gasteiger charge is 2.22. The largest absolute Gasteiger partial charge is 0.326 e. The minimum Gasteiger partial charge on any atom is -0.326 e. The van der Waals surface area contributed by atoms with Gasteiger partial charge in [-0.2, -0.15) is 5.10 Å². The van der Waals surface area contributed by atoms with Gasteiger partial charge in [-0.05, 0) is 25.5 Å². The lowest BCUT2D eigenvalue weighted by atomic mass is 10.1. The molecule has 2 atom stereocenters. The molecule has 0 radical (unpaired) electrons. The minimum atomic E-state index is 0.0454. The predicted molar refractivity (Wildman–Crippen MR) is 72.7 cm³/mol. The number of hydrogen-bond donors (Lipinski definition) is 1. The third-order valence-corrected chi connectivity index (χ3v) is 4.05. The molecule has 5 heteroatoms. The first-order valence-electron chi connectivity index (χ1n) is 5.63. The number of hydrogen-bond acceptors (Lipinski definition) is 3. The Morgan fingerprint density at radius 1 is 1.53 bits per heavy atom. The van der Waals surface area contributed by atoms with Gasteiger partial charge in [0.1, 0.15) is 6.04 Å². The number of aryl methyl sites for hydroxylation is 1. The van der Waals surface area contributed by atoms with Crippen molar-refractivity contribution in [1.82, 2.24) is 9.78 Å². The van der Waals surface area contributed by atoms with Gasteiger partial charge in [-0.3, -0.25) is 4.68 Å². The van der Waals surface area contributed by atoms with Crippen LogP contribution in [0.3, 0.4) is 0 Å². The highest BCUT2D eigenvalue weighted by atomic mass is 35.5. The van der Waals surface area contributed by atoms with Crippen LogP contribution in [-0.2, 0) is 0 Å². The molecule has 2 unspecified atom stereocenters. The highest BCUT2D eigenvalue weighted by Crippen LogP contribution is 2.29. The molecule has 0 amide bonds. The molecule has 0 aromatic carbocycles. The van der Waals surface area contributed by atoms with E-state index >= 15 is 0 Å². The number of rotatable bonds is 4. The van der Waals surface area contributed by atoms with Crippen LogP contribution in [0, 0.1) is 6.92 Å². The molecule has 2 heterocycles. The average molecular weight is 270 g/mol. The molecular formula is C12H16ClN3S. The van der Waals surface area contributed by atoms with Crippen molar-refractivity contribution >= 4 is 22.9 Å². The van der Waals surface area contributed by atoms with Gasteiger partial charge in [-0.1, -0.05) is 18.5 Å². The van der Waals surface area contributed by atoms with E-state index in [0.717, 1.165) is 6.42 Å². The molecule has 0 aliphatic heterocycles. The fraction of sp³-hybridized carbons (Fsp3) is 0.417. The lowest BCUT2D eigenvalue weighted by Crippen LogP contribution is -2.32. The topological polar surface area (TPSA) is 43.8 Å². The third-order valence-electron chi connectivity index (χ3n) is 2.78. The minimum absolute atomic E-state index is 0.0454. The molecular weight excluding hydrogens is 254 g/mol. The Balaban J connectivity index is 2.38. The van der Waals surface area contributed by atoms with Crippen molar-refractivity contribution in [2.24, 2.45) is 5.73 Å². The van der Waals surface area contributed by atoms with E-state index in [0.29, 0.717) is 5.02 Å². The van der Waals surface area contributed by atoms with Gasteiger partial charge in [0.25, 0.3) is 0 Å². The Labute approximate surface area is 110 Å². The van der Waals surface area contributed by atoms with E-state index in [-0.39, 0.29) is 12.1 Å². The molecule has 2 aromatic rings. The highest BCUT2D eigenvalue weighted by molar-refractivity contribution is 7.12. The SMILES string of the molecule is CCC(N)C(c1ccc(C)s1)n1cc(Cl)cn1. The summed E-state index contributed by atoms with van der Waals surface area (Å²) in [7, 11) is 0. The summed E-state index contributed by atoms with van der Waals surface area (Å²) in [6.07, 6.45) is 4.38.